The number of aromatic carboxylic acids is 1. The third-order valence-corrected chi connectivity index (χ3v) is 4.62. The van der Waals surface area contributed by atoms with Crippen LogP contribution in [0.15, 0.2) is 60.7 Å². The standard InChI is InChI=1S/C23H22N2O4/c1-2-3-14-24-22(27)17-12-13-19(25-21(26)15-8-5-4-6-9-15)16-10-7-11-18(20(16)17)23(28)29/h4-13H,2-3,14H2,1H3,(H,24,27)(H,25,26)(H,28,29). The van der Waals surface area contributed by atoms with Gasteiger partial charge in [0.25, 0.3) is 11.8 Å². The Morgan fingerprint density at radius 3 is 2.31 bits per heavy atom. The molecule has 0 bridgehead atoms. The lowest BCUT2D eigenvalue weighted by atomic mass is 9.97. The summed E-state index contributed by atoms with van der Waals surface area (Å²) in [7, 11) is 0. The predicted octanol–water partition coefficient (Wildman–Crippen LogP) is 4.32. The Morgan fingerprint density at radius 2 is 1.62 bits per heavy atom. The molecular formula is C23H22N2O4. The van der Waals surface area contributed by atoms with Crippen molar-refractivity contribution in [3.8, 4) is 0 Å². The Labute approximate surface area is 168 Å². The summed E-state index contributed by atoms with van der Waals surface area (Å²) in [6.45, 7) is 2.53. The van der Waals surface area contributed by atoms with Gasteiger partial charge >= 0.3 is 5.97 Å². The number of carbonyl (C=O) groups is 3. The Kier molecular flexibility index (Phi) is 6.24. The summed E-state index contributed by atoms with van der Waals surface area (Å²) in [6.07, 6.45) is 1.77. The molecule has 0 atom stereocenters. The average Bonchev–Trinajstić information content (AvgIpc) is 2.74. The number of benzene rings is 3. The van der Waals surface area contributed by atoms with Gasteiger partial charge in [-0.3, -0.25) is 9.59 Å². The number of carboxylic acids is 1. The fourth-order valence-corrected chi connectivity index (χ4v) is 3.14. The molecule has 0 saturated heterocycles. The van der Waals surface area contributed by atoms with E-state index in [4.69, 9.17) is 0 Å². The third-order valence-electron chi connectivity index (χ3n) is 4.62. The summed E-state index contributed by atoms with van der Waals surface area (Å²) in [5.41, 5.74) is 1.21. The zero-order valence-electron chi connectivity index (χ0n) is 16.1. The van der Waals surface area contributed by atoms with Crippen molar-refractivity contribution in [2.75, 3.05) is 11.9 Å². The first kappa shape index (κ1) is 20.1. The summed E-state index contributed by atoms with van der Waals surface area (Å²) in [6, 6.07) is 16.7. The molecule has 0 saturated carbocycles. The van der Waals surface area contributed by atoms with E-state index in [1.54, 1.807) is 48.5 Å². The van der Waals surface area contributed by atoms with Crippen molar-refractivity contribution in [2.24, 2.45) is 0 Å². The fourth-order valence-electron chi connectivity index (χ4n) is 3.14. The van der Waals surface area contributed by atoms with Gasteiger partial charge in [0.2, 0.25) is 0 Å². The second-order valence-electron chi connectivity index (χ2n) is 6.62. The molecule has 0 aliphatic rings. The highest BCUT2D eigenvalue weighted by Crippen LogP contribution is 2.30. The van der Waals surface area contributed by atoms with E-state index in [0.29, 0.717) is 28.6 Å². The minimum atomic E-state index is -1.13. The highest BCUT2D eigenvalue weighted by molar-refractivity contribution is 6.19. The van der Waals surface area contributed by atoms with E-state index in [-0.39, 0.29) is 22.9 Å². The number of nitrogens with one attached hydrogen (secondary N) is 2. The first-order valence-corrected chi connectivity index (χ1v) is 9.46. The molecule has 0 heterocycles. The van der Waals surface area contributed by atoms with Gasteiger partial charge in [0.15, 0.2) is 0 Å². The van der Waals surface area contributed by atoms with Crippen LogP contribution in [0, 0.1) is 0 Å². The maximum absolute atomic E-state index is 12.7. The smallest absolute Gasteiger partial charge is 0.336 e. The van der Waals surface area contributed by atoms with Crippen LogP contribution in [-0.2, 0) is 0 Å². The van der Waals surface area contributed by atoms with Gasteiger partial charge in [0.05, 0.1) is 5.56 Å². The van der Waals surface area contributed by atoms with Crippen LogP contribution >= 0.6 is 0 Å². The molecule has 0 spiro atoms. The molecule has 6 heteroatoms. The van der Waals surface area contributed by atoms with Crippen molar-refractivity contribution in [2.45, 2.75) is 19.8 Å². The van der Waals surface area contributed by atoms with Crippen LogP contribution in [0.25, 0.3) is 10.8 Å². The van der Waals surface area contributed by atoms with E-state index in [2.05, 4.69) is 10.6 Å². The Bertz CT molecular complexity index is 1060. The average molecular weight is 390 g/mol. The Balaban J connectivity index is 2.06. The molecule has 3 N–H and O–H groups in total. The number of amides is 2. The topological polar surface area (TPSA) is 95.5 Å². The van der Waals surface area contributed by atoms with Crippen LogP contribution in [0.1, 0.15) is 50.8 Å². The van der Waals surface area contributed by atoms with Gasteiger partial charge in [-0.25, -0.2) is 4.79 Å². The molecule has 3 rings (SSSR count). The molecule has 0 aliphatic heterocycles. The number of anilines is 1. The van der Waals surface area contributed by atoms with Gasteiger partial charge in [-0.05, 0) is 36.8 Å². The van der Waals surface area contributed by atoms with Crippen LogP contribution in [0.5, 0.6) is 0 Å². The first-order chi connectivity index (χ1) is 14.0. The monoisotopic (exact) mass is 390 g/mol. The molecule has 0 radical (unpaired) electrons. The van der Waals surface area contributed by atoms with Crippen LogP contribution in [0.4, 0.5) is 5.69 Å². The summed E-state index contributed by atoms with van der Waals surface area (Å²) in [5.74, 6) is -1.78. The number of rotatable bonds is 7. The summed E-state index contributed by atoms with van der Waals surface area (Å²) >= 11 is 0. The van der Waals surface area contributed by atoms with E-state index in [0.717, 1.165) is 12.8 Å². The van der Waals surface area contributed by atoms with Crippen LogP contribution < -0.4 is 10.6 Å². The largest absolute Gasteiger partial charge is 0.478 e. The van der Waals surface area contributed by atoms with Gasteiger partial charge < -0.3 is 15.7 Å². The van der Waals surface area contributed by atoms with Gasteiger partial charge in [0, 0.05) is 34.1 Å². The Hall–Kier alpha value is -3.67. The molecular weight excluding hydrogens is 368 g/mol. The molecule has 6 nitrogen and oxygen atoms in total. The van der Waals surface area contributed by atoms with Gasteiger partial charge in [0.1, 0.15) is 0 Å². The first-order valence-electron chi connectivity index (χ1n) is 9.46. The lowest BCUT2D eigenvalue weighted by Gasteiger charge is -2.14. The zero-order chi connectivity index (χ0) is 20.8. The molecule has 3 aromatic carbocycles. The SMILES string of the molecule is CCCCNC(=O)c1ccc(NC(=O)c2ccccc2)c2cccc(C(=O)O)c12. The minimum absolute atomic E-state index is 0.0129. The highest BCUT2D eigenvalue weighted by atomic mass is 16.4. The van der Waals surface area contributed by atoms with E-state index < -0.39 is 5.97 Å². The van der Waals surface area contributed by atoms with E-state index in [1.807, 2.05) is 13.0 Å². The van der Waals surface area contributed by atoms with Crippen molar-refractivity contribution in [3.63, 3.8) is 0 Å². The molecule has 0 fully saturated rings. The maximum atomic E-state index is 12.7. The lowest BCUT2D eigenvalue weighted by molar-refractivity contribution is 0.0698. The number of unbranched alkanes of at least 4 members (excludes halogenated alkanes) is 1. The zero-order valence-corrected chi connectivity index (χ0v) is 16.1. The van der Waals surface area contributed by atoms with Crippen molar-refractivity contribution < 1.29 is 19.5 Å². The summed E-state index contributed by atoms with van der Waals surface area (Å²) < 4.78 is 0. The molecule has 0 aromatic heterocycles. The van der Waals surface area contributed by atoms with E-state index in [1.165, 1.54) is 6.07 Å². The molecule has 0 unspecified atom stereocenters. The Morgan fingerprint density at radius 1 is 0.862 bits per heavy atom. The number of fused-ring (bicyclic) bond motifs is 1. The number of hydrogen-bond donors (Lipinski definition) is 3. The second-order valence-corrected chi connectivity index (χ2v) is 6.62. The minimum Gasteiger partial charge on any atom is -0.478 e. The molecule has 3 aromatic rings. The lowest BCUT2D eigenvalue weighted by Crippen LogP contribution is -2.25. The quantitative estimate of drug-likeness (QED) is 0.524. The van der Waals surface area contributed by atoms with Crippen molar-refractivity contribution in [1.82, 2.24) is 5.32 Å². The van der Waals surface area contributed by atoms with Gasteiger partial charge in [-0.15, -0.1) is 0 Å². The molecule has 29 heavy (non-hydrogen) atoms. The molecule has 2 amide bonds. The summed E-state index contributed by atoms with van der Waals surface area (Å²) in [4.78, 5) is 37.0. The predicted molar refractivity (Wildman–Crippen MR) is 113 cm³/mol. The third kappa shape index (κ3) is 4.43. The molecule has 0 aliphatic carbocycles. The molecule has 148 valence electrons. The van der Waals surface area contributed by atoms with E-state index >= 15 is 0 Å². The summed E-state index contributed by atoms with van der Waals surface area (Å²) in [5, 5.41) is 16.1. The van der Waals surface area contributed by atoms with Crippen molar-refractivity contribution in [1.29, 1.82) is 0 Å². The number of carbonyl (C=O) groups excluding carboxylic acids is 2. The van der Waals surface area contributed by atoms with Gasteiger partial charge in [-0.2, -0.15) is 0 Å². The van der Waals surface area contributed by atoms with Crippen molar-refractivity contribution >= 4 is 34.2 Å². The van der Waals surface area contributed by atoms with Gasteiger partial charge in [-0.1, -0.05) is 43.7 Å². The van der Waals surface area contributed by atoms with Crippen LogP contribution in [-0.4, -0.2) is 29.4 Å². The maximum Gasteiger partial charge on any atom is 0.336 e. The second kappa shape index (κ2) is 9.01. The number of hydrogen-bond acceptors (Lipinski definition) is 3. The van der Waals surface area contributed by atoms with Crippen LogP contribution in [0.2, 0.25) is 0 Å². The normalized spacial score (nSPS) is 10.5. The fraction of sp³-hybridized carbons (Fsp3) is 0.174. The highest BCUT2D eigenvalue weighted by Gasteiger charge is 2.19. The van der Waals surface area contributed by atoms with Crippen molar-refractivity contribution in [3.05, 3.63) is 77.4 Å². The number of carboxylic acid groups (broad SMARTS) is 1. The van der Waals surface area contributed by atoms with Crippen LogP contribution in [0.3, 0.4) is 0 Å². The van der Waals surface area contributed by atoms with E-state index in [9.17, 15) is 19.5 Å².